The Hall–Kier alpha value is -2.35. The van der Waals surface area contributed by atoms with Crippen molar-refractivity contribution >= 4 is 5.97 Å². The van der Waals surface area contributed by atoms with E-state index in [0.717, 1.165) is 48.9 Å². The Bertz CT molecular complexity index is 1020. The summed E-state index contributed by atoms with van der Waals surface area (Å²) in [6.07, 6.45) is 4.28. The molecular formula is C30H41F2NO4. The molecule has 3 atom stereocenters. The second-order valence-electron chi connectivity index (χ2n) is 10.1. The molecule has 1 heterocycles. The summed E-state index contributed by atoms with van der Waals surface area (Å²) < 4.78 is 38.9. The topological polar surface area (TPSA) is 59.0 Å². The minimum absolute atomic E-state index is 0.170. The number of hydrogen-bond donors (Lipinski definition) is 1. The molecule has 37 heavy (non-hydrogen) atoms. The van der Waals surface area contributed by atoms with Crippen molar-refractivity contribution in [2.24, 2.45) is 0 Å². The average Bonchev–Trinajstić information content (AvgIpc) is 3.29. The van der Waals surface area contributed by atoms with Gasteiger partial charge in [0, 0.05) is 19.0 Å². The van der Waals surface area contributed by atoms with Crippen LogP contribution in [0.1, 0.15) is 74.3 Å². The SMILES string of the molecule is CCOC(=O)CCCCc1cc(F)ccc1[C@@H](C)OC[C@H](O)CN1CCC[C@H]1Cc1ccc(C)c(F)c1. The zero-order chi connectivity index (χ0) is 26.8. The summed E-state index contributed by atoms with van der Waals surface area (Å²) >= 11 is 0. The molecule has 1 N–H and O–H groups in total. The maximum Gasteiger partial charge on any atom is 0.305 e. The van der Waals surface area contributed by atoms with Crippen molar-refractivity contribution in [1.29, 1.82) is 0 Å². The summed E-state index contributed by atoms with van der Waals surface area (Å²) in [5.41, 5.74) is 3.38. The van der Waals surface area contributed by atoms with Crippen LogP contribution in [0.5, 0.6) is 0 Å². The third-order valence-electron chi connectivity index (χ3n) is 7.12. The number of aliphatic hydroxyl groups excluding tert-OH is 1. The number of esters is 1. The van der Waals surface area contributed by atoms with Crippen molar-refractivity contribution < 1.29 is 28.2 Å². The van der Waals surface area contributed by atoms with Gasteiger partial charge in [-0.3, -0.25) is 9.69 Å². The molecule has 0 bridgehead atoms. The van der Waals surface area contributed by atoms with E-state index in [4.69, 9.17) is 9.47 Å². The van der Waals surface area contributed by atoms with E-state index in [1.807, 2.05) is 19.1 Å². The average molecular weight is 518 g/mol. The van der Waals surface area contributed by atoms with E-state index < -0.39 is 6.10 Å². The number of rotatable bonds is 14. The van der Waals surface area contributed by atoms with E-state index in [9.17, 15) is 18.7 Å². The van der Waals surface area contributed by atoms with Crippen LogP contribution in [0.15, 0.2) is 36.4 Å². The smallest absolute Gasteiger partial charge is 0.305 e. The van der Waals surface area contributed by atoms with Gasteiger partial charge < -0.3 is 14.6 Å². The lowest BCUT2D eigenvalue weighted by atomic mass is 9.98. The molecule has 2 aromatic carbocycles. The van der Waals surface area contributed by atoms with E-state index in [2.05, 4.69) is 4.90 Å². The molecule has 5 nitrogen and oxygen atoms in total. The number of carbonyl (C=O) groups excluding carboxylic acids is 1. The molecule has 0 aliphatic carbocycles. The Morgan fingerprint density at radius 2 is 2.00 bits per heavy atom. The molecule has 1 aliphatic heterocycles. The van der Waals surface area contributed by atoms with Crippen molar-refractivity contribution in [3.05, 3.63) is 70.3 Å². The van der Waals surface area contributed by atoms with Crippen molar-refractivity contribution in [3.8, 4) is 0 Å². The Kier molecular flexibility index (Phi) is 11.5. The Balaban J connectivity index is 1.49. The summed E-state index contributed by atoms with van der Waals surface area (Å²) in [5.74, 6) is -0.688. The monoisotopic (exact) mass is 517 g/mol. The molecule has 0 saturated carbocycles. The van der Waals surface area contributed by atoms with Crippen LogP contribution in [-0.4, -0.2) is 54.4 Å². The highest BCUT2D eigenvalue weighted by atomic mass is 19.1. The summed E-state index contributed by atoms with van der Waals surface area (Å²) in [5, 5.41) is 10.7. The van der Waals surface area contributed by atoms with Gasteiger partial charge in [-0.15, -0.1) is 0 Å². The van der Waals surface area contributed by atoms with Crippen LogP contribution in [0.3, 0.4) is 0 Å². The van der Waals surface area contributed by atoms with Crippen LogP contribution >= 0.6 is 0 Å². The molecular weight excluding hydrogens is 476 g/mol. The molecule has 1 aliphatic rings. The van der Waals surface area contributed by atoms with Crippen molar-refractivity contribution in [1.82, 2.24) is 4.90 Å². The van der Waals surface area contributed by atoms with Gasteiger partial charge in [-0.05, 0) is 106 Å². The van der Waals surface area contributed by atoms with Crippen molar-refractivity contribution in [2.45, 2.75) is 84.0 Å². The molecule has 7 heteroatoms. The predicted octanol–water partition coefficient (Wildman–Crippen LogP) is 5.69. The molecule has 1 fully saturated rings. The molecule has 1 saturated heterocycles. The van der Waals surface area contributed by atoms with Gasteiger partial charge >= 0.3 is 5.97 Å². The second-order valence-corrected chi connectivity index (χ2v) is 10.1. The number of nitrogens with zero attached hydrogens (tertiary/aromatic N) is 1. The van der Waals surface area contributed by atoms with Gasteiger partial charge in [-0.1, -0.05) is 18.2 Å². The quantitative estimate of drug-likeness (QED) is 0.258. The highest BCUT2D eigenvalue weighted by Crippen LogP contribution is 2.26. The van der Waals surface area contributed by atoms with E-state index in [-0.39, 0.29) is 36.4 Å². The lowest BCUT2D eigenvalue weighted by molar-refractivity contribution is -0.143. The number of aliphatic hydroxyl groups is 1. The Labute approximate surface area is 219 Å². The van der Waals surface area contributed by atoms with Gasteiger partial charge in [0.15, 0.2) is 0 Å². The Morgan fingerprint density at radius 3 is 2.76 bits per heavy atom. The Morgan fingerprint density at radius 1 is 1.19 bits per heavy atom. The maximum atomic E-state index is 14.0. The molecule has 0 radical (unpaired) electrons. The second kappa shape index (κ2) is 14.6. The zero-order valence-corrected chi connectivity index (χ0v) is 22.3. The van der Waals surface area contributed by atoms with Gasteiger partial charge in [0.05, 0.1) is 25.4 Å². The first-order valence-electron chi connectivity index (χ1n) is 13.5. The van der Waals surface area contributed by atoms with Crippen LogP contribution in [0.2, 0.25) is 0 Å². The summed E-state index contributed by atoms with van der Waals surface area (Å²) in [6, 6.07) is 10.4. The zero-order valence-electron chi connectivity index (χ0n) is 22.3. The number of aryl methyl sites for hydroxylation is 2. The van der Waals surface area contributed by atoms with Gasteiger partial charge in [-0.25, -0.2) is 8.78 Å². The number of halogens is 2. The number of carbonyl (C=O) groups is 1. The van der Waals surface area contributed by atoms with Crippen LogP contribution in [-0.2, 0) is 27.1 Å². The van der Waals surface area contributed by atoms with Crippen LogP contribution in [0.25, 0.3) is 0 Å². The van der Waals surface area contributed by atoms with Crippen LogP contribution < -0.4 is 0 Å². The first-order valence-corrected chi connectivity index (χ1v) is 13.5. The third-order valence-corrected chi connectivity index (χ3v) is 7.12. The number of unbranched alkanes of at least 4 members (excludes halogenated alkanes) is 1. The van der Waals surface area contributed by atoms with Gasteiger partial charge in [0.1, 0.15) is 11.6 Å². The first-order chi connectivity index (χ1) is 17.8. The summed E-state index contributed by atoms with van der Waals surface area (Å²) in [7, 11) is 0. The molecule has 0 spiro atoms. The molecule has 2 aromatic rings. The molecule has 0 aromatic heterocycles. The van der Waals surface area contributed by atoms with E-state index in [1.165, 1.54) is 12.1 Å². The lowest BCUT2D eigenvalue weighted by Crippen LogP contribution is -2.39. The predicted molar refractivity (Wildman–Crippen MR) is 140 cm³/mol. The van der Waals surface area contributed by atoms with E-state index >= 15 is 0 Å². The largest absolute Gasteiger partial charge is 0.466 e. The van der Waals surface area contributed by atoms with Gasteiger partial charge in [0.2, 0.25) is 0 Å². The maximum absolute atomic E-state index is 14.0. The third kappa shape index (κ3) is 9.16. The molecule has 3 rings (SSSR count). The minimum Gasteiger partial charge on any atom is -0.466 e. The summed E-state index contributed by atoms with van der Waals surface area (Å²) in [6.45, 7) is 7.40. The lowest BCUT2D eigenvalue weighted by Gasteiger charge is -2.28. The number of β-amino-alcohol motifs (C(OH)–C–C–N with tert-alkyl or cyclic N) is 1. The van der Waals surface area contributed by atoms with E-state index in [1.54, 1.807) is 26.0 Å². The summed E-state index contributed by atoms with van der Waals surface area (Å²) in [4.78, 5) is 13.8. The van der Waals surface area contributed by atoms with Crippen molar-refractivity contribution in [3.63, 3.8) is 0 Å². The number of hydrogen-bond acceptors (Lipinski definition) is 5. The number of ether oxygens (including phenoxy) is 2. The standard InChI is InChI=1S/C30H41F2NO4/c1-4-36-30(35)10-6-5-8-24-18-25(31)13-14-28(24)22(3)37-20-27(34)19-33-15-7-9-26(33)16-23-12-11-21(2)29(32)17-23/h11-14,17-18,22,26-27,34H,4-10,15-16,19-20H2,1-3H3/t22-,26+,27-/m1/s1. The highest BCUT2D eigenvalue weighted by Gasteiger charge is 2.27. The normalized spacial score (nSPS) is 17.6. The van der Waals surface area contributed by atoms with Gasteiger partial charge in [-0.2, -0.15) is 0 Å². The van der Waals surface area contributed by atoms with Crippen LogP contribution in [0.4, 0.5) is 8.78 Å². The molecule has 0 amide bonds. The number of benzene rings is 2. The van der Waals surface area contributed by atoms with Crippen molar-refractivity contribution in [2.75, 3.05) is 26.3 Å². The molecule has 204 valence electrons. The van der Waals surface area contributed by atoms with Gasteiger partial charge in [0.25, 0.3) is 0 Å². The minimum atomic E-state index is -0.661. The fourth-order valence-electron chi connectivity index (χ4n) is 5.08. The number of likely N-dealkylation sites (tertiary alicyclic amines) is 1. The fraction of sp³-hybridized carbons (Fsp3) is 0.567. The van der Waals surface area contributed by atoms with Crippen LogP contribution in [0, 0.1) is 18.6 Å². The fourth-order valence-corrected chi connectivity index (χ4v) is 5.08. The first kappa shape index (κ1) is 29.2. The highest BCUT2D eigenvalue weighted by molar-refractivity contribution is 5.69. The molecule has 0 unspecified atom stereocenters. The van der Waals surface area contributed by atoms with E-state index in [0.29, 0.717) is 38.0 Å².